The highest BCUT2D eigenvalue weighted by atomic mass is 35.5. The second-order valence-electron chi connectivity index (χ2n) is 33.0. The largest absolute Gasteiger partial charge is 0.476 e. The lowest BCUT2D eigenvalue weighted by Crippen LogP contribution is -2.37. The number of carboxylic acid groups (broad SMARTS) is 1. The van der Waals surface area contributed by atoms with Gasteiger partial charge in [-0.1, -0.05) is 58.0 Å². The number of nitrogens with zero attached hydrogens (tertiary/aromatic N) is 22. The average Bonchev–Trinajstić information content (AvgIpc) is 1.68. The predicted molar refractivity (Wildman–Crippen MR) is 516 cm³/mol. The molecule has 0 radical (unpaired) electrons. The van der Waals surface area contributed by atoms with E-state index in [4.69, 9.17) is 102 Å². The molecular formula is C88H114Cl5F6N27O16S. The molecule has 7 N–H and O–H groups in total. The number of ether oxygens (including phenoxy) is 8. The average molecular weight is 2130 g/mol. The van der Waals surface area contributed by atoms with Crippen molar-refractivity contribution in [1.29, 1.82) is 0 Å². The number of anilines is 5. The molecule has 143 heavy (non-hydrogen) atoms. The number of aromatic amines is 1. The van der Waals surface area contributed by atoms with E-state index in [-0.39, 0.29) is 142 Å². The summed E-state index contributed by atoms with van der Waals surface area (Å²) in [4.78, 5) is 106. The second-order valence-corrected chi connectivity index (χ2v) is 36.8. The zero-order chi connectivity index (χ0) is 104. The normalized spacial score (nSPS) is 16.8. The van der Waals surface area contributed by atoms with Crippen LogP contribution in [0.2, 0.25) is 25.8 Å². The number of hydrogen-bond acceptors (Lipinski definition) is 37. The molecule has 43 nitrogen and oxygen atoms in total. The fourth-order valence-electron chi connectivity index (χ4n) is 14.4. The molecule has 10 aromatic heterocycles. The third-order valence-corrected chi connectivity index (χ3v) is 23.6. The monoisotopic (exact) mass is 2130 g/mol. The summed E-state index contributed by atoms with van der Waals surface area (Å²) >= 11 is 28.6. The summed E-state index contributed by atoms with van der Waals surface area (Å²) in [5, 5.41) is 42.4. The van der Waals surface area contributed by atoms with Crippen LogP contribution in [0.4, 0.5) is 55.4 Å². The van der Waals surface area contributed by atoms with Crippen LogP contribution in [0.5, 0.6) is 0 Å². The SMILES string of the molecule is C1COCCN1.CCOC(=O)c1[nH]ncc1C.CCOC(=O)c1nn(-c2nc(Cl)cc(Cl)n2)cc1C.CCOC(=O)c1nn(-c2nc(Cl)cc(N3CCOCC3)n2)cc1C.CCOC(=O)c1nn(-c2nc(NC3CCC(F)(F)CC3)cc(N3CCOCC3)n2)cc1C.CS(=O)(=O)c1nc(Cl)cc(Cl)n1.Cc1cn(-c2nc(NC3CCC(F)(F)CC3)cc(N3CCOCC3)n2)nc1C(=O)O.NC1CCC(F)(F)CC1. The standard InChI is InChI=1S/C21H28F2N6O3.C19H24F2N6O3.C15H18ClN5O3.C11H10Cl2N4O2.C7H10N2O2.C6H11F2N.C5H4Cl2N2O2S.C4H9NO/c1-3-32-19(30)18-14(2)13-29(27-18)20-25-16(24-15-4-6-21(22,23)7-5-15)12-17(26-20)28-8-10-31-11-9-28;1-12-11-27(25-16(12)17(28)29)18-23-14(22-13-2-4-19(20,21)5-3-13)10-15(24-18)26-6-8-30-9-7-26;1-3-24-14(22)13-10(2)9-21(19-13)15-17-11(16)8-12(18-15)20-4-6-23-7-5-20;1-3-19-10(18)9-6(2)5-17(16-9)11-14-7(12)4-8(13)15-11;1-3-11-7(10)6-5(2)4-8-9-6;7-6(8)3-1-5(9)2-4-6;1-12(10,11)5-8-3(6)2-4(7)9-5;1-3-6-4-2-5-1/h12-13,15H,3-11H2,1-2H3,(H,24,25,26);10-11,13H,2-9H2,1H3,(H,28,29)(H,22,23,24);8-9H,3-7H2,1-2H3;4-5H,3H2,1-2H3;4H,3H2,1-2H3,(H,8,9);5H,1-4,9H2;2H,1H3;5H,1-4H2. The predicted octanol–water partition coefficient (Wildman–Crippen LogP) is 12.8. The highest BCUT2D eigenvalue weighted by Gasteiger charge is 2.38. The maximum Gasteiger partial charge on any atom is 0.359 e. The van der Waals surface area contributed by atoms with Crippen LogP contribution >= 0.6 is 58.0 Å². The van der Waals surface area contributed by atoms with Gasteiger partial charge in [0, 0.05) is 198 Å². The van der Waals surface area contributed by atoms with Crippen LogP contribution in [0.3, 0.4) is 0 Å². The van der Waals surface area contributed by atoms with Crippen LogP contribution in [0, 0.1) is 34.6 Å². The summed E-state index contributed by atoms with van der Waals surface area (Å²) in [7, 11) is -3.44. The van der Waals surface area contributed by atoms with Crippen molar-refractivity contribution < 1.29 is 102 Å². The van der Waals surface area contributed by atoms with Crippen molar-refractivity contribution in [2.24, 2.45) is 5.73 Å². The van der Waals surface area contributed by atoms with E-state index in [9.17, 15) is 63.8 Å². The van der Waals surface area contributed by atoms with Crippen molar-refractivity contribution in [2.45, 2.75) is 180 Å². The zero-order valence-corrected chi connectivity index (χ0v) is 84.8. The van der Waals surface area contributed by atoms with Crippen LogP contribution in [-0.2, 0) is 47.7 Å². The van der Waals surface area contributed by atoms with Gasteiger partial charge in [-0.3, -0.25) is 5.10 Å². The molecule has 780 valence electrons. The van der Waals surface area contributed by atoms with Gasteiger partial charge in [-0.05, 0) is 101 Å². The molecule has 7 fully saturated rings. The Hall–Kier alpha value is -11.5. The van der Waals surface area contributed by atoms with E-state index in [2.05, 4.69) is 106 Å². The molecule has 0 aromatic carbocycles. The number of carbonyl (C=O) groups is 5. The zero-order valence-electron chi connectivity index (χ0n) is 80.2. The fraction of sp³-hybridized carbons (Fsp3) is 0.545. The Morgan fingerprint density at radius 3 is 1.03 bits per heavy atom. The summed E-state index contributed by atoms with van der Waals surface area (Å²) in [6.07, 6.45) is 10.9. The van der Waals surface area contributed by atoms with Gasteiger partial charge in [0.15, 0.2) is 22.8 Å². The third-order valence-electron chi connectivity index (χ3n) is 21.8. The molecule has 7 aliphatic rings. The molecule has 0 unspecified atom stereocenters. The minimum absolute atomic E-state index is 0.00965. The van der Waals surface area contributed by atoms with Crippen LogP contribution in [0.25, 0.3) is 23.8 Å². The molecule has 0 bridgehead atoms. The molecule has 17 rings (SSSR count). The number of morpholine rings is 4. The number of esters is 4. The molecule has 14 heterocycles. The number of hydrogen-bond donors (Lipinski definition) is 6. The third kappa shape index (κ3) is 35.5. The first-order valence-electron chi connectivity index (χ1n) is 45.8. The molecule has 55 heteroatoms. The van der Waals surface area contributed by atoms with Crippen molar-refractivity contribution in [3.63, 3.8) is 0 Å². The molecule has 3 saturated carbocycles. The molecule has 0 amide bonds. The highest BCUT2D eigenvalue weighted by molar-refractivity contribution is 7.90. The molecule has 0 atom stereocenters. The Balaban J connectivity index is 0.000000176. The van der Waals surface area contributed by atoms with Crippen molar-refractivity contribution in [3.8, 4) is 23.8 Å². The van der Waals surface area contributed by atoms with Gasteiger partial charge < -0.3 is 79.4 Å². The Morgan fingerprint density at radius 2 is 0.734 bits per heavy atom. The number of halogens is 11. The number of nitrogens with two attached hydrogens (primary N) is 1. The summed E-state index contributed by atoms with van der Waals surface area (Å²) < 4.78 is 147. The number of rotatable bonds is 21. The number of nitrogens with one attached hydrogen (secondary N) is 4. The second kappa shape index (κ2) is 53.9. The number of sulfone groups is 1. The summed E-state index contributed by atoms with van der Waals surface area (Å²) in [6.45, 7) is 28.5. The fourth-order valence-corrected chi connectivity index (χ4v) is 16.0. The Bertz CT molecular complexity index is 5930. The molecule has 4 saturated heterocycles. The van der Waals surface area contributed by atoms with E-state index in [0.29, 0.717) is 186 Å². The lowest BCUT2D eigenvalue weighted by molar-refractivity contribution is -0.0378. The van der Waals surface area contributed by atoms with Gasteiger partial charge >= 0.3 is 29.8 Å². The van der Waals surface area contributed by atoms with Gasteiger partial charge in [-0.15, -0.1) is 0 Å². The van der Waals surface area contributed by atoms with E-state index >= 15 is 0 Å². The minimum Gasteiger partial charge on any atom is -0.476 e. The first-order chi connectivity index (χ1) is 68.0. The molecule has 3 aliphatic carbocycles. The number of aromatic nitrogens is 20. The van der Waals surface area contributed by atoms with Gasteiger partial charge in [0.2, 0.25) is 32.8 Å². The molecule has 4 aliphatic heterocycles. The van der Waals surface area contributed by atoms with Gasteiger partial charge in [-0.2, -0.15) is 65.4 Å². The van der Waals surface area contributed by atoms with E-state index in [1.807, 2.05) is 11.0 Å². The van der Waals surface area contributed by atoms with Gasteiger partial charge in [0.05, 0.1) is 85.5 Å². The number of aromatic carboxylic acids is 1. The molecule has 0 spiro atoms. The number of H-pyrrole nitrogens is 1. The van der Waals surface area contributed by atoms with Crippen LogP contribution < -0.4 is 36.4 Å². The first kappa shape index (κ1) is 113. The van der Waals surface area contributed by atoms with Crippen molar-refractivity contribution >= 4 is 127 Å². The number of carbonyl (C=O) groups excluding carboxylic acids is 4. The summed E-state index contributed by atoms with van der Waals surface area (Å²) in [5.41, 5.74) is 9.73. The Morgan fingerprint density at radius 1 is 0.434 bits per heavy atom. The number of carboxylic acids is 1. The Kier molecular flexibility index (Phi) is 42.8. The summed E-state index contributed by atoms with van der Waals surface area (Å²) in [5.74, 6) is -6.46. The van der Waals surface area contributed by atoms with Gasteiger partial charge in [0.1, 0.15) is 60.5 Å². The maximum absolute atomic E-state index is 13.5. The van der Waals surface area contributed by atoms with Crippen molar-refractivity contribution in [2.75, 3.05) is 163 Å². The number of alkyl halides is 6. The van der Waals surface area contributed by atoms with Crippen LogP contribution in [-0.4, -0.2) is 316 Å². The smallest absolute Gasteiger partial charge is 0.359 e. The quantitative estimate of drug-likeness (QED) is 0.0128. The summed E-state index contributed by atoms with van der Waals surface area (Å²) in [6, 6.07) is 7.81. The first-order valence-corrected chi connectivity index (χ1v) is 49.6. The van der Waals surface area contributed by atoms with E-state index in [1.54, 1.807) is 105 Å². The van der Waals surface area contributed by atoms with Crippen LogP contribution in [0.15, 0.2) is 66.5 Å². The van der Waals surface area contributed by atoms with Gasteiger partial charge in [-0.25, -0.2) is 87.4 Å². The molecular weight excluding hydrogens is 2010 g/mol. The number of aryl methyl sites for hydroxylation is 5. The topological polar surface area (TPSA) is 514 Å². The van der Waals surface area contributed by atoms with Crippen molar-refractivity contribution in [3.05, 3.63) is 143 Å². The van der Waals surface area contributed by atoms with E-state index in [1.165, 1.54) is 30.9 Å². The van der Waals surface area contributed by atoms with Crippen LogP contribution in [0.1, 0.15) is 185 Å². The lowest BCUT2D eigenvalue weighted by Gasteiger charge is -2.30. The highest BCUT2D eigenvalue weighted by Crippen LogP contribution is 2.38. The van der Waals surface area contributed by atoms with E-state index in [0.717, 1.165) is 51.2 Å². The minimum atomic E-state index is -3.44. The van der Waals surface area contributed by atoms with E-state index < -0.39 is 51.5 Å². The molecule has 10 aromatic rings. The maximum atomic E-state index is 13.5. The van der Waals surface area contributed by atoms with Gasteiger partial charge in [0.25, 0.3) is 23.8 Å². The van der Waals surface area contributed by atoms with Crippen molar-refractivity contribution in [1.82, 2.24) is 104 Å². The lowest BCUT2D eigenvalue weighted by atomic mass is 9.92. The Labute approximate surface area is 844 Å².